The monoisotopic (exact) mass is 279 g/mol. The highest BCUT2D eigenvalue weighted by Gasteiger charge is 2.13. The molecule has 1 unspecified atom stereocenters. The number of amides is 1. The molecule has 0 aliphatic rings. The van der Waals surface area contributed by atoms with Crippen molar-refractivity contribution in [3.8, 4) is 5.75 Å². The first kappa shape index (κ1) is 16.5. The Hall–Kier alpha value is -1.55. The van der Waals surface area contributed by atoms with Gasteiger partial charge < -0.3 is 15.2 Å². The van der Waals surface area contributed by atoms with E-state index in [-0.39, 0.29) is 18.6 Å². The van der Waals surface area contributed by atoms with E-state index in [0.29, 0.717) is 17.2 Å². The molecule has 0 radical (unpaired) electrons. The van der Waals surface area contributed by atoms with Crippen molar-refractivity contribution in [1.82, 2.24) is 5.32 Å². The zero-order valence-corrected chi connectivity index (χ0v) is 12.9. The van der Waals surface area contributed by atoms with Gasteiger partial charge in [-0.25, -0.2) is 0 Å². The van der Waals surface area contributed by atoms with E-state index < -0.39 is 6.10 Å². The molecule has 2 N–H and O–H groups in total. The SMILES string of the molecule is Cc1ccc([C@H](C)O)c(OCC(=O)NC(C)C(C)C)c1. The van der Waals surface area contributed by atoms with Crippen LogP contribution >= 0.6 is 0 Å². The first-order valence-electron chi connectivity index (χ1n) is 7.02. The van der Waals surface area contributed by atoms with Crippen molar-refractivity contribution in [2.45, 2.75) is 46.8 Å². The molecule has 0 heterocycles. The van der Waals surface area contributed by atoms with Crippen LogP contribution in [0.2, 0.25) is 0 Å². The van der Waals surface area contributed by atoms with Crippen LogP contribution in [0.5, 0.6) is 5.75 Å². The molecule has 4 heteroatoms. The zero-order chi connectivity index (χ0) is 15.3. The van der Waals surface area contributed by atoms with Gasteiger partial charge in [0.05, 0.1) is 6.10 Å². The standard InChI is InChI=1S/C16H25NO3/c1-10(2)12(4)17-16(19)9-20-15-8-11(3)6-7-14(15)13(5)18/h6-8,10,12-13,18H,9H2,1-5H3,(H,17,19)/t12?,13-/m0/s1. The lowest BCUT2D eigenvalue weighted by molar-refractivity contribution is -0.124. The quantitative estimate of drug-likeness (QED) is 0.841. The number of ether oxygens (including phenoxy) is 1. The molecule has 20 heavy (non-hydrogen) atoms. The fraction of sp³-hybridized carbons (Fsp3) is 0.562. The van der Waals surface area contributed by atoms with Crippen molar-refractivity contribution in [2.75, 3.05) is 6.61 Å². The van der Waals surface area contributed by atoms with Crippen molar-refractivity contribution in [3.05, 3.63) is 29.3 Å². The molecule has 1 aromatic rings. The van der Waals surface area contributed by atoms with Crippen LogP contribution in [0.15, 0.2) is 18.2 Å². The molecule has 112 valence electrons. The van der Waals surface area contributed by atoms with Gasteiger partial charge in [0.2, 0.25) is 0 Å². The molecule has 2 atom stereocenters. The average molecular weight is 279 g/mol. The fourth-order valence-corrected chi connectivity index (χ4v) is 1.72. The van der Waals surface area contributed by atoms with E-state index in [4.69, 9.17) is 4.74 Å². The molecule has 0 saturated heterocycles. The van der Waals surface area contributed by atoms with Gasteiger partial charge >= 0.3 is 0 Å². The molecular formula is C16H25NO3. The normalized spacial score (nSPS) is 13.9. The van der Waals surface area contributed by atoms with Crippen LogP contribution in [0.3, 0.4) is 0 Å². The molecule has 0 aliphatic heterocycles. The summed E-state index contributed by atoms with van der Waals surface area (Å²) in [6, 6.07) is 5.68. The second-order valence-electron chi connectivity index (χ2n) is 5.61. The molecule has 1 amide bonds. The van der Waals surface area contributed by atoms with Crippen LogP contribution in [0.4, 0.5) is 0 Å². The lowest BCUT2D eigenvalue weighted by Gasteiger charge is -2.18. The third-order valence-electron chi connectivity index (χ3n) is 3.37. The smallest absolute Gasteiger partial charge is 0.258 e. The summed E-state index contributed by atoms with van der Waals surface area (Å²) in [5, 5.41) is 12.6. The van der Waals surface area contributed by atoms with Crippen molar-refractivity contribution in [2.24, 2.45) is 5.92 Å². The first-order chi connectivity index (χ1) is 9.31. The van der Waals surface area contributed by atoms with Gasteiger partial charge in [-0.3, -0.25) is 4.79 Å². The number of aliphatic hydroxyl groups excluding tert-OH is 1. The topological polar surface area (TPSA) is 58.6 Å². The molecule has 1 rings (SSSR count). The molecule has 0 spiro atoms. The van der Waals surface area contributed by atoms with Crippen LogP contribution in [-0.4, -0.2) is 23.7 Å². The van der Waals surface area contributed by atoms with Crippen molar-refractivity contribution >= 4 is 5.91 Å². The van der Waals surface area contributed by atoms with Crippen LogP contribution in [-0.2, 0) is 4.79 Å². The molecule has 1 aromatic carbocycles. The minimum absolute atomic E-state index is 0.0414. The maximum absolute atomic E-state index is 11.8. The van der Waals surface area contributed by atoms with E-state index in [2.05, 4.69) is 19.2 Å². The molecule has 0 fully saturated rings. The number of hydrogen-bond acceptors (Lipinski definition) is 3. The number of nitrogens with one attached hydrogen (secondary N) is 1. The Labute approximate surface area is 121 Å². The number of carbonyl (C=O) groups is 1. The Morgan fingerprint density at radius 3 is 2.50 bits per heavy atom. The summed E-state index contributed by atoms with van der Waals surface area (Å²) < 4.78 is 5.55. The molecular weight excluding hydrogens is 254 g/mol. The van der Waals surface area contributed by atoms with Crippen LogP contribution in [0.25, 0.3) is 0 Å². The Bertz CT molecular complexity index is 455. The van der Waals surface area contributed by atoms with Crippen molar-refractivity contribution in [1.29, 1.82) is 0 Å². The number of aliphatic hydroxyl groups is 1. The van der Waals surface area contributed by atoms with Crippen LogP contribution in [0.1, 0.15) is 44.9 Å². The Kier molecular flexibility index (Phi) is 6.02. The van der Waals surface area contributed by atoms with E-state index in [1.807, 2.05) is 32.0 Å². The molecule has 0 bridgehead atoms. The van der Waals surface area contributed by atoms with Gasteiger partial charge in [-0.1, -0.05) is 26.0 Å². The predicted molar refractivity (Wildman–Crippen MR) is 79.8 cm³/mol. The summed E-state index contributed by atoms with van der Waals surface area (Å²) in [5.41, 5.74) is 1.72. The van der Waals surface area contributed by atoms with E-state index >= 15 is 0 Å². The number of rotatable bonds is 6. The molecule has 0 saturated carbocycles. The lowest BCUT2D eigenvalue weighted by atomic mass is 10.1. The minimum atomic E-state index is -0.622. The Morgan fingerprint density at radius 2 is 1.95 bits per heavy atom. The Balaban J connectivity index is 2.65. The average Bonchev–Trinajstić information content (AvgIpc) is 2.35. The summed E-state index contributed by atoms with van der Waals surface area (Å²) in [6.45, 7) is 9.66. The highest BCUT2D eigenvalue weighted by atomic mass is 16.5. The van der Waals surface area contributed by atoms with Crippen molar-refractivity contribution in [3.63, 3.8) is 0 Å². The molecule has 0 aromatic heterocycles. The highest BCUT2D eigenvalue weighted by Crippen LogP contribution is 2.26. The van der Waals surface area contributed by atoms with Crippen LogP contribution in [0, 0.1) is 12.8 Å². The van der Waals surface area contributed by atoms with Gasteiger partial charge in [-0.05, 0) is 38.3 Å². The number of aryl methyl sites for hydroxylation is 1. The summed E-state index contributed by atoms with van der Waals surface area (Å²) in [6.07, 6.45) is -0.622. The van der Waals surface area contributed by atoms with E-state index in [1.165, 1.54) is 0 Å². The van der Waals surface area contributed by atoms with Gasteiger partial charge in [-0.15, -0.1) is 0 Å². The summed E-state index contributed by atoms with van der Waals surface area (Å²) in [7, 11) is 0. The predicted octanol–water partition coefficient (Wildman–Crippen LogP) is 2.59. The lowest BCUT2D eigenvalue weighted by Crippen LogP contribution is -2.39. The molecule has 0 aliphatic carbocycles. The van der Waals surface area contributed by atoms with Gasteiger partial charge in [0.25, 0.3) is 5.91 Å². The first-order valence-corrected chi connectivity index (χ1v) is 7.02. The van der Waals surface area contributed by atoms with E-state index in [0.717, 1.165) is 5.56 Å². The second-order valence-corrected chi connectivity index (χ2v) is 5.61. The summed E-state index contributed by atoms with van der Waals surface area (Å²) >= 11 is 0. The number of hydrogen-bond donors (Lipinski definition) is 2. The van der Waals surface area contributed by atoms with Gasteiger partial charge in [-0.2, -0.15) is 0 Å². The summed E-state index contributed by atoms with van der Waals surface area (Å²) in [5.74, 6) is 0.794. The maximum atomic E-state index is 11.8. The zero-order valence-electron chi connectivity index (χ0n) is 12.9. The van der Waals surface area contributed by atoms with Crippen molar-refractivity contribution < 1.29 is 14.6 Å². The third-order valence-corrected chi connectivity index (χ3v) is 3.37. The Morgan fingerprint density at radius 1 is 1.30 bits per heavy atom. The van der Waals surface area contributed by atoms with E-state index in [9.17, 15) is 9.90 Å². The van der Waals surface area contributed by atoms with E-state index in [1.54, 1.807) is 6.92 Å². The molecule has 4 nitrogen and oxygen atoms in total. The largest absolute Gasteiger partial charge is 0.483 e. The fourth-order valence-electron chi connectivity index (χ4n) is 1.72. The maximum Gasteiger partial charge on any atom is 0.258 e. The van der Waals surface area contributed by atoms with Gasteiger partial charge in [0.1, 0.15) is 5.75 Å². The summed E-state index contributed by atoms with van der Waals surface area (Å²) in [4.78, 5) is 11.8. The van der Waals surface area contributed by atoms with Gasteiger partial charge in [0.15, 0.2) is 6.61 Å². The second kappa shape index (κ2) is 7.29. The number of benzene rings is 1. The third kappa shape index (κ3) is 4.85. The minimum Gasteiger partial charge on any atom is -0.483 e. The number of carbonyl (C=O) groups excluding carboxylic acids is 1. The highest BCUT2D eigenvalue weighted by molar-refractivity contribution is 5.77. The van der Waals surface area contributed by atoms with Crippen LogP contribution < -0.4 is 10.1 Å². The van der Waals surface area contributed by atoms with Gasteiger partial charge in [0, 0.05) is 11.6 Å².